The van der Waals surface area contributed by atoms with Crippen molar-refractivity contribution in [3.05, 3.63) is 65.0 Å². The van der Waals surface area contributed by atoms with Crippen molar-refractivity contribution in [1.29, 1.82) is 0 Å². The number of hydrogen-bond acceptors (Lipinski definition) is 2. The van der Waals surface area contributed by atoms with E-state index >= 15 is 0 Å². The van der Waals surface area contributed by atoms with E-state index in [0.29, 0.717) is 16.8 Å². The van der Waals surface area contributed by atoms with Gasteiger partial charge in [0.05, 0.1) is 0 Å². The molecule has 0 bridgehead atoms. The first-order valence-corrected chi connectivity index (χ1v) is 5.70. The monoisotopic (exact) mass is 243 g/mol. The Morgan fingerprint density at radius 3 is 2.67 bits per heavy atom. The molecule has 92 valence electrons. The molecule has 0 saturated heterocycles. The first kappa shape index (κ1) is 12.3. The van der Waals surface area contributed by atoms with Crippen molar-refractivity contribution in [2.24, 2.45) is 0 Å². The highest BCUT2D eigenvalue weighted by molar-refractivity contribution is 5.97. The molecule has 3 heteroatoms. The third kappa shape index (κ3) is 2.74. The van der Waals surface area contributed by atoms with E-state index in [1.54, 1.807) is 25.1 Å². The maximum atomic E-state index is 13.1. The summed E-state index contributed by atoms with van der Waals surface area (Å²) in [5.74, 6) is -0.334. The minimum Gasteiger partial charge on any atom is -0.399 e. The lowest BCUT2D eigenvalue weighted by Gasteiger charge is -2.04. The molecule has 0 aromatic heterocycles. The van der Waals surface area contributed by atoms with Gasteiger partial charge in [-0.3, -0.25) is 4.79 Å². The van der Waals surface area contributed by atoms with Gasteiger partial charge in [-0.2, -0.15) is 0 Å². The largest absolute Gasteiger partial charge is 0.399 e. The molecule has 0 aliphatic rings. The summed E-state index contributed by atoms with van der Waals surface area (Å²) < 4.78 is 13.1. The number of carbonyl (C=O) groups excluding carboxylic acids is 1. The number of ketones is 1. The maximum Gasteiger partial charge on any atom is 0.167 e. The van der Waals surface area contributed by atoms with Gasteiger partial charge < -0.3 is 5.73 Å². The van der Waals surface area contributed by atoms with Crippen LogP contribution in [-0.4, -0.2) is 5.78 Å². The molecular formula is C15H14FNO. The highest BCUT2D eigenvalue weighted by Gasteiger charge is 2.09. The fourth-order valence-corrected chi connectivity index (χ4v) is 1.81. The highest BCUT2D eigenvalue weighted by atomic mass is 19.1. The zero-order valence-electron chi connectivity index (χ0n) is 10.1. The predicted octanol–water partition coefficient (Wildman–Crippen LogP) is 3.14. The molecule has 18 heavy (non-hydrogen) atoms. The van der Waals surface area contributed by atoms with Crippen molar-refractivity contribution in [2.75, 3.05) is 5.73 Å². The van der Waals surface area contributed by atoms with Crippen molar-refractivity contribution in [1.82, 2.24) is 0 Å². The first-order valence-electron chi connectivity index (χ1n) is 5.70. The molecule has 2 N–H and O–H groups in total. The van der Waals surface area contributed by atoms with Crippen LogP contribution in [0, 0.1) is 12.7 Å². The molecule has 0 atom stereocenters. The summed E-state index contributed by atoms with van der Waals surface area (Å²) >= 11 is 0. The molecule has 0 spiro atoms. The Morgan fingerprint density at radius 1 is 1.22 bits per heavy atom. The number of anilines is 1. The summed E-state index contributed by atoms with van der Waals surface area (Å²) in [6.45, 7) is 1.65. The van der Waals surface area contributed by atoms with Gasteiger partial charge in [-0.15, -0.1) is 0 Å². The molecule has 2 aromatic rings. The Bertz CT molecular complexity index is 593. The lowest BCUT2D eigenvalue weighted by atomic mass is 10.0. The third-order valence-electron chi connectivity index (χ3n) is 2.80. The van der Waals surface area contributed by atoms with E-state index in [9.17, 15) is 9.18 Å². The Kier molecular flexibility index (Phi) is 3.42. The lowest BCUT2D eigenvalue weighted by Crippen LogP contribution is -2.04. The van der Waals surface area contributed by atoms with Crippen LogP contribution in [0.4, 0.5) is 10.1 Å². The number of halogens is 1. The summed E-state index contributed by atoms with van der Waals surface area (Å²) in [7, 11) is 0. The molecule has 2 rings (SSSR count). The molecule has 0 unspecified atom stereocenters. The number of rotatable bonds is 3. The topological polar surface area (TPSA) is 43.1 Å². The second-order valence-corrected chi connectivity index (χ2v) is 4.31. The van der Waals surface area contributed by atoms with Crippen molar-refractivity contribution in [2.45, 2.75) is 13.3 Å². The van der Waals surface area contributed by atoms with Crippen LogP contribution >= 0.6 is 0 Å². The van der Waals surface area contributed by atoms with Gasteiger partial charge >= 0.3 is 0 Å². The number of carbonyl (C=O) groups is 1. The van der Waals surface area contributed by atoms with Crippen molar-refractivity contribution in [3.63, 3.8) is 0 Å². The maximum absolute atomic E-state index is 13.1. The molecular weight excluding hydrogens is 229 g/mol. The number of Topliss-reactive ketones (excluding diaryl/α,β-unsaturated/α-hetero) is 1. The molecule has 0 saturated carbocycles. The normalized spacial score (nSPS) is 10.3. The van der Waals surface area contributed by atoms with Gasteiger partial charge in [0.1, 0.15) is 5.82 Å². The smallest absolute Gasteiger partial charge is 0.167 e. The standard InChI is InChI=1S/C15H14FNO/c1-10-7-12(5-6-14(10)16)15(18)9-11-3-2-4-13(17)8-11/h2-8H,9,17H2,1H3. The van der Waals surface area contributed by atoms with Gasteiger partial charge in [0.2, 0.25) is 0 Å². The molecule has 0 heterocycles. The van der Waals surface area contributed by atoms with Gasteiger partial charge in [0, 0.05) is 17.7 Å². The number of benzene rings is 2. The van der Waals surface area contributed by atoms with Crippen molar-refractivity contribution < 1.29 is 9.18 Å². The van der Waals surface area contributed by atoms with E-state index in [2.05, 4.69) is 0 Å². The minimum atomic E-state index is -0.296. The van der Waals surface area contributed by atoms with Crippen LogP contribution in [0.25, 0.3) is 0 Å². The van der Waals surface area contributed by atoms with E-state index in [1.807, 2.05) is 12.1 Å². The molecule has 2 nitrogen and oxygen atoms in total. The fraction of sp³-hybridized carbons (Fsp3) is 0.133. The molecule has 0 aliphatic heterocycles. The van der Waals surface area contributed by atoms with Crippen LogP contribution in [0.15, 0.2) is 42.5 Å². The Balaban J connectivity index is 2.19. The average molecular weight is 243 g/mol. The van der Waals surface area contributed by atoms with E-state index in [0.717, 1.165) is 5.56 Å². The molecule has 0 fully saturated rings. The van der Waals surface area contributed by atoms with Crippen LogP contribution in [0.1, 0.15) is 21.5 Å². The van der Waals surface area contributed by atoms with Crippen LogP contribution in [-0.2, 0) is 6.42 Å². The SMILES string of the molecule is Cc1cc(C(=O)Cc2cccc(N)c2)ccc1F. The van der Waals surface area contributed by atoms with Crippen LogP contribution < -0.4 is 5.73 Å². The number of nitrogen functional groups attached to an aromatic ring is 1. The fourth-order valence-electron chi connectivity index (χ4n) is 1.81. The minimum absolute atomic E-state index is 0.0382. The lowest BCUT2D eigenvalue weighted by molar-refractivity contribution is 0.0993. The number of hydrogen-bond donors (Lipinski definition) is 1. The predicted molar refractivity (Wildman–Crippen MR) is 70.0 cm³/mol. The zero-order valence-corrected chi connectivity index (χ0v) is 10.1. The quantitative estimate of drug-likeness (QED) is 0.664. The van der Waals surface area contributed by atoms with Gasteiger partial charge in [-0.25, -0.2) is 4.39 Å². The van der Waals surface area contributed by atoms with Crippen molar-refractivity contribution in [3.8, 4) is 0 Å². The summed E-state index contributed by atoms with van der Waals surface area (Å²) in [5.41, 5.74) is 8.16. The van der Waals surface area contributed by atoms with Crippen LogP contribution in [0.2, 0.25) is 0 Å². The second kappa shape index (κ2) is 5.00. The van der Waals surface area contributed by atoms with Gasteiger partial charge in [0.15, 0.2) is 5.78 Å². The summed E-state index contributed by atoms with van der Waals surface area (Å²) in [6.07, 6.45) is 0.274. The van der Waals surface area contributed by atoms with E-state index in [-0.39, 0.29) is 18.0 Å². The highest BCUT2D eigenvalue weighted by Crippen LogP contribution is 2.13. The zero-order chi connectivity index (χ0) is 13.1. The summed E-state index contributed by atoms with van der Waals surface area (Å²) in [5, 5.41) is 0. The Morgan fingerprint density at radius 2 is 2.00 bits per heavy atom. The number of nitrogens with two attached hydrogens (primary N) is 1. The number of aryl methyl sites for hydroxylation is 1. The van der Waals surface area contributed by atoms with Gasteiger partial charge in [-0.1, -0.05) is 12.1 Å². The van der Waals surface area contributed by atoms with Crippen LogP contribution in [0.3, 0.4) is 0 Å². The Labute approximate surface area is 105 Å². The molecule has 0 amide bonds. The third-order valence-corrected chi connectivity index (χ3v) is 2.80. The molecule has 2 aromatic carbocycles. The molecule has 0 aliphatic carbocycles. The van der Waals surface area contributed by atoms with Gasteiger partial charge in [0.25, 0.3) is 0 Å². The van der Waals surface area contributed by atoms with Crippen molar-refractivity contribution >= 4 is 11.5 Å². The van der Waals surface area contributed by atoms with E-state index in [4.69, 9.17) is 5.73 Å². The average Bonchev–Trinajstić information content (AvgIpc) is 2.32. The Hall–Kier alpha value is -2.16. The molecule has 0 radical (unpaired) electrons. The second-order valence-electron chi connectivity index (χ2n) is 4.31. The summed E-state index contributed by atoms with van der Waals surface area (Å²) in [4.78, 5) is 12.0. The van der Waals surface area contributed by atoms with E-state index < -0.39 is 0 Å². The first-order chi connectivity index (χ1) is 8.56. The summed E-state index contributed by atoms with van der Waals surface area (Å²) in [6, 6.07) is 11.6. The van der Waals surface area contributed by atoms with Gasteiger partial charge in [-0.05, 0) is 48.4 Å². The van der Waals surface area contributed by atoms with E-state index in [1.165, 1.54) is 12.1 Å². The van der Waals surface area contributed by atoms with Crippen LogP contribution in [0.5, 0.6) is 0 Å².